The summed E-state index contributed by atoms with van der Waals surface area (Å²) in [6, 6.07) is 63.7. The second kappa shape index (κ2) is 16.3. The Morgan fingerprint density at radius 3 is 1.70 bits per heavy atom. The van der Waals surface area contributed by atoms with Crippen molar-refractivity contribution in [3.63, 3.8) is 0 Å². The molecule has 7 aromatic carbocycles. The number of fused-ring (bicyclic) bond motifs is 1. The molecule has 9 rings (SSSR count). The molecule has 0 saturated heterocycles. The first-order valence-electron chi connectivity index (χ1n) is 17.8. The topological polar surface area (TPSA) is 24.3 Å². The minimum atomic E-state index is 0. The van der Waals surface area contributed by atoms with Crippen molar-refractivity contribution in [1.29, 1.82) is 0 Å². The zero-order valence-electron chi connectivity index (χ0n) is 30.4. The van der Waals surface area contributed by atoms with E-state index < -0.39 is 0 Å². The molecular weight excluding hydrogens is 837 g/mol. The Kier molecular flexibility index (Phi) is 11.0. The van der Waals surface area contributed by atoms with E-state index in [0.717, 1.165) is 45.0 Å². The number of rotatable bonds is 6. The summed E-state index contributed by atoms with van der Waals surface area (Å²) in [4.78, 5) is 9.04. The third-order valence-corrected chi connectivity index (χ3v) is 9.43. The van der Waals surface area contributed by atoms with Crippen LogP contribution in [0.5, 0.6) is 0 Å². The van der Waals surface area contributed by atoms with E-state index in [-0.39, 0.29) is 20.1 Å². The van der Waals surface area contributed by atoms with Crippen molar-refractivity contribution in [1.82, 2.24) is 9.55 Å². The Hall–Kier alpha value is -6.00. The van der Waals surface area contributed by atoms with Crippen molar-refractivity contribution in [3.05, 3.63) is 206 Å². The molecule has 0 N–H and O–H groups in total. The van der Waals surface area contributed by atoms with Gasteiger partial charge >= 0.3 is 20.1 Å². The molecule has 5 heteroatoms. The van der Waals surface area contributed by atoms with Crippen molar-refractivity contribution in [3.8, 4) is 50.5 Å². The SMILES string of the molecule is CN1[CH-]N(c2[c-]cccc2)c2ccccc21.Cc1cc(C)cc(-c2cc(-c3ccccc3)c(-n3ccnc3-c3[c-]cccc3)c(-c3ccccc3)c2)c1.[Ir+3]. The molecule has 0 fully saturated rings. The molecule has 0 bridgehead atoms. The summed E-state index contributed by atoms with van der Waals surface area (Å²) in [5.74, 6) is 0.870. The van der Waals surface area contributed by atoms with E-state index >= 15 is 0 Å². The predicted molar refractivity (Wildman–Crippen MR) is 220 cm³/mol. The molecular formula is C49H39IrN4. The molecule has 8 aromatic rings. The summed E-state index contributed by atoms with van der Waals surface area (Å²) < 4.78 is 2.21. The summed E-state index contributed by atoms with van der Waals surface area (Å²) in [6.45, 7) is 6.40. The first-order chi connectivity index (χ1) is 26.0. The zero-order valence-corrected chi connectivity index (χ0v) is 32.8. The number of benzene rings is 7. The van der Waals surface area contributed by atoms with Crippen LogP contribution in [0.2, 0.25) is 0 Å². The first kappa shape index (κ1) is 36.4. The van der Waals surface area contributed by atoms with Gasteiger partial charge in [0.05, 0.1) is 11.5 Å². The van der Waals surface area contributed by atoms with E-state index in [1.165, 1.54) is 33.6 Å². The number of hydrogen-bond donors (Lipinski definition) is 0. The molecule has 0 saturated carbocycles. The van der Waals surface area contributed by atoms with Gasteiger partial charge in [-0.3, -0.25) is 4.98 Å². The van der Waals surface area contributed by atoms with Crippen LogP contribution in [0.4, 0.5) is 17.1 Å². The number of imidazole rings is 1. The minimum Gasteiger partial charge on any atom is -0.504 e. The second-order valence-corrected chi connectivity index (χ2v) is 13.3. The molecule has 0 radical (unpaired) electrons. The van der Waals surface area contributed by atoms with Gasteiger partial charge in [-0.25, -0.2) is 0 Å². The Morgan fingerprint density at radius 2 is 1.11 bits per heavy atom. The normalized spacial score (nSPS) is 11.7. The van der Waals surface area contributed by atoms with Gasteiger partial charge in [0.1, 0.15) is 0 Å². The quantitative estimate of drug-likeness (QED) is 0.156. The predicted octanol–water partition coefficient (Wildman–Crippen LogP) is 12.1. The van der Waals surface area contributed by atoms with E-state index in [9.17, 15) is 0 Å². The number of nitrogens with zero attached hydrogens (tertiary/aromatic N) is 4. The summed E-state index contributed by atoms with van der Waals surface area (Å²) in [6.07, 6.45) is 3.93. The van der Waals surface area contributed by atoms with Crippen LogP contribution in [0.25, 0.3) is 50.5 Å². The Labute approximate surface area is 332 Å². The molecule has 2 heterocycles. The summed E-state index contributed by atoms with van der Waals surface area (Å²) in [5.41, 5.74) is 15.1. The molecule has 0 spiro atoms. The van der Waals surface area contributed by atoms with Crippen molar-refractivity contribution < 1.29 is 20.1 Å². The average Bonchev–Trinajstić information content (AvgIpc) is 3.83. The molecule has 0 atom stereocenters. The molecule has 0 unspecified atom stereocenters. The maximum absolute atomic E-state index is 4.77. The van der Waals surface area contributed by atoms with Gasteiger partial charge in [-0.05, 0) is 67.4 Å². The molecule has 1 aliphatic heterocycles. The second-order valence-electron chi connectivity index (χ2n) is 13.3. The van der Waals surface area contributed by atoms with Crippen LogP contribution in [0, 0.1) is 32.6 Å². The van der Waals surface area contributed by atoms with E-state index in [0.29, 0.717) is 0 Å². The van der Waals surface area contributed by atoms with Crippen molar-refractivity contribution in [2.24, 2.45) is 0 Å². The standard InChI is InChI=1S/C35H27N2.C14H12N2.Ir/c1-25-20-26(2)22-30(21-25)31-23-32(27-12-6-3-7-13-27)34(33(24-31)28-14-8-4-9-15-28)37-19-18-36-35(37)29-16-10-5-11-17-29;1-15-11-16(12-7-3-2-4-8-12)14-10-6-5-9-13(14)15;/h3-16,18-24H,1-2H3;2-7,9-11H,1H3;/q-1;-2;+3. The molecule has 1 aromatic heterocycles. The van der Waals surface area contributed by atoms with Crippen molar-refractivity contribution >= 4 is 17.1 Å². The number of para-hydroxylation sites is 3. The van der Waals surface area contributed by atoms with Gasteiger partial charge < -0.3 is 14.4 Å². The Morgan fingerprint density at radius 1 is 0.556 bits per heavy atom. The molecule has 264 valence electrons. The average molecular weight is 876 g/mol. The van der Waals surface area contributed by atoms with E-state index in [2.05, 4.69) is 188 Å². The maximum atomic E-state index is 4.77. The smallest absolute Gasteiger partial charge is 0.504 e. The number of aromatic nitrogens is 2. The number of anilines is 3. The van der Waals surface area contributed by atoms with Crippen LogP contribution in [0.3, 0.4) is 0 Å². The fourth-order valence-corrected chi connectivity index (χ4v) is 7.08. The van der Waals surface area contributed by atoms with Crippen LogP contribution >= 0.6 is 0 Å². The monoisotopic (exact) mass is 876 g/mol. The van der Waals surface area contributed by atoms with Gasteiger partial charge in [0, 0.05) is 34.9 Å². The number of hydrogen-bond acceptors (Lipinski definition) is 3. The maximum Gasteiger partial charge on any atom is 3.00 e. The van der Waals surface area contributed by atoms with Crippen molar-refractivity contribution in [2.45, 2.75) is 13.8 Å². The minimum absolute atomic E-state index is 0. The Bertz CT molecular complexity index is 2380. The van der Waals surface area contributed by atoms with Gasteiger partial charge in [-0.1, -0.05) is 102 Å². The van der Waals surface area contributed by atoms with Gasteiger partial charge in [0.25, 0.3) is 0 Å². The first-order valence-corrected chi connectivity index (χ1v) is 17.8. The van der Waals surface area contributed by atoms with Gasteiger partial charge in [-0.15, -0.1) is 41.6 Å². The van der Waals surface area contributed by atoms with Crippen LogP contribution in [0.15, 0.2) is 176 Å². The van der Waals surface area contributed by atoms with Crippen LogP contribution < -0.4 is 9.80 Å². The molecule has 1 aliphatic rings. The van der Waals surface area contributed by atoms with E-state index in [1.54, 1.807) is 0 Å². The van der Waals surface area contributed by atoms with Crippen LogP contribution in [0.1, 0.15) is 11.1 Å². The van der Waals surface area contributed by atoms with Crippen LogP contribution in [-0.2, 0) is 20.1 Å². The summed E-state index contributed by atoms with van der Waals surface area (Å²) >= 11 is 0. The number of aryl methyl sites for hydroxylation is 2. The fourth-order valence-electron chi connectivity index (χ4n) is 7.08. The summed E-state index contributed by atoms with van der Waals surface area (Å²) in [7, 11) is 2.06. The molecule has 0 amide bonds. The van der Waals surface area contributed by atoms with Gasteiger partial charge in [-0.2, -0.15) is 37.0 Å². The summed E-state index contributed by atoms with van der Waals surface area (Å²) in [5, 5.41) is 0. The molecule has 4 nitrogen and oxygen atoms in total. The van der Waals surface area contributed by atoms with Gasteiger partial charge in [0.2, 0.25) is 0 Å². The van der Waals surface area contributed by atoms with Gasteiger partial charge in [0.15, 0.2) is 0 Å². The third-order valence-electron chi connectivity index (χ3n) is 9.43. The van der Waals surface area contributed by atoms with E-state index in [4.69, 9.17) is 4.98 Å². The van der Waals surface area contributed by atoms with E-state index in [1.807, 2.05) is 42.6 Å². The molecule has 54 heavy (non-hydrogen) atoms. The fraction of sp³-hybridized carbons (Fsp3) is 0.0612. The largest absolute Gasteiger partial charge is 3.00 e. The molecule has 0 aliphatic carbocycles. The Balaban J connectivity index is 0.000000221. The third kappa shape index (κ3) is 7.56. The van der Waals surface area contributed by atoms with Crippen LogP contribution in [-0.4, -0.2) is 16.6 Å². The van der Waals surface area contributed by atoms with Crippen molar-refractivity contribution in [2.75, 3.05) is 16.8 Å². The zero-order chi connectivity index (χ0) is 36.1.